The van der Waals surface area contributed by atoms with Crippen LogP contribution in [-0.4, -0.2) is 4.57 Å². The smallest absolute Gasteiger partial charge is 0.130 e. The summed E-state index contributed by atoms with van der Waals surface area (Å²) < 4.78 is 8.51. The Kier molecular flexibility index (Phi) is 4.16. The topological polar surface area (TPSA) is 41.9 Å². The van der Waals surface area contributed by atoms with Crippen molar-refractivity contribution in [1.29, 1.82) is 5.26 Å². The van der Waals surface area contributed by atoms with E-state index in [1.165, 1.54) is 27.8 Å². The summed E-state index contributed by atoms with van der Waals surface area (Å²) in [7, 11) is 0. The lowest BCUT2D eigenvalue weighted by Crippen LogP contribution is -2.10. The van der Waals surface area contributed by atoms with E-state index in [1.54, 1.807) is 0 Å². The van der Waals surface area contributed by atoms with Gasteiger partial charge in [-0.3, -0.25) is 0 Å². The van der Waals surface area contributed by atoms with E-state index >= 15 is 0 Å². The van der Waals surface area contributed by atoms with Crippen LogP contribution in [0.3, 0.4) is 0 Å². The molecule has 0 saturated heterocycles. The van der Waals surface area contributed by atoms with E-state index in [0.717, 1.165) is 47.2 Å². The fourth-order valence-corrected chi connectivity index (χ4v) is 5.74. The maximum Gasteiger partial charge on any atom is 0.130 e. The van der Waals surface area contributed by atoms with Gasteiger partial charge in [-0.05, 0) is 67.3 Å². The molecule has 162 valence electrons. The second-order valence-corrected chi connectivity index (χ2v) is 9.15. The quantitative estimate of drug-likeness (QED) is 0.285. The first-order valence-electron chi connectivity index (χ1n) is 11.8. The van der Waals surface area contributed by atoms with E-state index in [2.05, 4.69) is 89.5 Å². The predicted octanol–water partition coefficient (Wildman–Crippen LogP) is 7.56. The van der Waals surface area contributed by atoms with Crippen LogP contribution < -0.4 is 0 Å². The molecule has 0 bridgehead atoms. The van der Waals surface area contributed by atoms with Crippen LogP contribution in [0.1, 0.15) is 46.1 Å². The Morgan fingerprint density at radius 1 is 0.853 bits per heavy atom. The summed E-state index contributed by atoms with van der Waals surface area (Å²) in [6, 6.07) is 25.5. The lowest BCUT2D eigenvalue weighted by atomic mass is 9.84. The molecule has 2 aromatic heterocycles. The molecule has 5 aromatic rings. The highest BCUT2D eigenvalue weighted by molar-refractivity contribution is 6.09. The monoisotopic (exact) mass is 438 g/mol. The molecule has 0 amide bonds. The van der Waals surface area contributed by atoms with Crippen molar-refractivity contribution in [2.24, 2.45) is 0 Å². The molecule has 1 unspecified atom stereocenters. The highest BCUT2D eigenvalue weighted by Gasteiger charge is 2.27. The molecule has 2 aliphatic rings. The number of hydrogen-bond acceptors (Lipinski definition) is 2. The molecule has 34 heavy (non-hydrogen) atoms. The molecule has 0 saturated carbocycles. The van der Waals surface area contributed by atoms with Crippen LogP contribution in [-0.2, 0) is 12.8 Å². The molecule has 2 aliphatic carbocycles. The molecule has 0 aliphatic heterocycles. The van der Waals surface area contributed by atoms with Crippen molar-refractivity contribution in [1.82, 2.24) is 4.57 Å². The molecule has 3 aromatic carbocycles. The van der Waals surface area contributed by atoms with Gasteiger partial charge in [0.05, 0.1) is 22.7 Å². The third-order valence-corrected chi connectivity index (χ3v) is 7.29. The molecule has 3 heteroatoms. The summed E-state index contributed by atoms with van der Waals surface area (Å²) in [5.74, 6) is 2.32. The average Bonchev–Trinajstić information content (AvgIpc) is 3.43. The van der Waals surface area contributed by atoms with Crippen LogP contribution in [0.15, 0.2) is 83.3 Å². The average molecular weight is 439 g/mol. The van der Waals surface area contributed by atoms with Crippen molar-refractivity contribution >= 4 is 34.0 Å². The zero-order valence-electron chi connectivity index (χ0n) is 18.7. The molecule has 1 atom stereocenters. The Balaban J connectivity index is 1.42. The van der Waals surface area contributed by atoms with Crippen LogP contribution in [0.5, 0.6) is 0 Å². The first-order chi connectivity index (χ1) is 16.8. The molecular formula is C31H22N2O. The zero-order chi connectivity index (χ0) is 22.6. The Morgan fingerprint density at radius 2 is 1.68 bits per heavy atom. The number of furan rings is 1. The van der Waals surface area contributed by atoms with Gasteiger partial charge in [0, 0.05) is 33.5 Å². The Labute approximate surface area is 197 Å². The highest BCUT2D eigenvalue weighted by Crippen LogP contribution is 2.41. The van der Waals surface area contributed by atoms with Gasteiger partial charge in [-0.15, -0.1) is 0 Å². The van der Waals surface area contributed by atoms with Crippen molar-refractivity contribution in [2.75, 3.05) is 0 Å². The van der Waals surface area contributed by atoms with E-state index < -0.39 is 0 Å². The fraction of sp³-hybridized carbons (Fsp3) is 0.129. The second-order valence-electron chi connectivity index (χ2n) is 9.15. The maximum atomic E-state index is 9.48. The predicted molar refractivity (Wildman–Crippen MR) is 137 cm³/mol. The van der Waals surface area contributed by atoms with Gasteiger partial charge in [-0.1, -0.05) is 48.6 Å². The minimum Gasteiger partial charge on any atom is -0.457 e. The third-order valence-electron chi connectivity index (χ3n) is 7.29. The minimum atomic E-state index is 0.269. The van der Waals surface area contributed by atoms with Gasteiger partial charge in [0.1, 0.15) is 11.5 Å². The van der Waals surface area contributed by atoms with E-state index in [1.807, 2.05) is 12.1 Å². The summed E-state index contributed by atoms with van der Waals surface area (Å²) in [5.41, 5.74) is 8.20. The molecule has 3 nitrogen and oxygen atoms in total. The van der Waals surface area contributed by atoms with E-state index in [4.69, 9.17) is 4.42 Å². The normalized spacial score (nSPS) is 16.5. The summed E-state index contributed by atoms with van der Waals surface area (Å²) in [6.45, 7) is 0. The van der Waals surface area contributed by atoms with E-state index in [0.29, 0.717) is 5.56 Å². The van der Waals surface area contributed by atoms with E-state index in [-0.39, 0.29) is 5.92 Å². The van der Waals surface area contributed by atoms with Gasteiger partial charge < -0.3 is 8.98 Å². The van der Waals surface area contributed by atoms with Crippen molar-refractivity contribution in [2.45, 2.75) is 25.2 Å². The number of benzene rings is 3. The largest absolute Gasteiger partial charge is 0.457 e. The first-order valence-corrected chi connectivity index (χ1v) is 11.8. The summed E-state index contributed by atoms with van der Waals surface area (Å²) >= 11 is 0. The molecule has 0 spiro atoms. The number of hydrogen-bond donors (Lipinski definition) is 0. The number of aromatic nitrogens is 1. The first kappa shape index (κ1) is 19.2. The number of rotatable bonds is 2. The molecule has 0 fully saturated rings. The van der Waals surface area contributed by atoms with Gasteiger partial charge in [0.25, 0.3) is 0 Å². The number of nitrogens with zero attached hydrogens (tertiary/aromatic N) is 2. The van der Waals surface area contributed by atoms with Crippen molar-refractivity contribution in [3.8, 4) is 11.8 Å². The lowest BCUT2D eigenvalue weighted by Gasteiger charge is -2.22. The van der Waals surface area contributed by atoms with Gasteiger partial charge in [0.2, 0.25) is 0 Å². The zero-order valence-corrected chi connectivity index (χ0v) is 18.7. The van der Waals surface area contributed by atoms with Gasteiger partial charge in [0.15, 0.2) is 0 Å². The van der Waals surface area contributed by atoms with Crippen LogP contribution in [0.4, 0.5) is 0 Å². The molecule has 2 heterocycles. The standard InChI is InChI=1S/C31H22N2O/c32-19-20-13-15-29-25(17-20)23-8-2-5-11-28(23)33(29)27-10-4-1-7-22(27)21-14-16-31-26(18-21)24-9-3-6-12-30(24)34-31/h1-2,4-8,10-17,21H,3,9,18H2. The Bertz CT molecular complexity index is 1700. The lowest BCUT2D eigenvalue weighted by molar-refractivity contribution is 0.536. The summed E-state index contributed by atoms with van der Waals surface area (Å²) in [5, 5.41) is 11.8. The number of para-hydroxylation sites is 2. The summed E-state index contributed by atoms with van der Waals surface area (Å²) in [4.78, 5) is 0. The van der Waals surface area contributed by atoms with Crippen LogP contribution >= 0.6 is 0 Å². The second kappa shape index (κ2) is 7.37. The fourth-order valence-electron chi connectivity index (χ4n) is 5.74. The Morgan fingerprint density at radius 3 is 2.62 bits per heavy atom. The van der Waals surface area contributed by atoms with Gasteiger partial charge in [-0.2, -0.15) is 5.26 Å². The molecular weight excluding hydrogens is 416 g/mol. The van der Waals surface area contributed by atoms with Crippen LogP contribution in [0, 0.1) is 11.3 Å². The molecule has 7 rings (SSSR count). The minimum absolute atomic E-state index is 0.269. The number of allylic oxidation sites excluding steroid dienone is 2. The molecule has 0 N–H and O–H groups in total. The third kappa shape index (κ3) is 2.75. The number of fused-ring (bicyclic) bond motifs is 6. The van der Waals surface area contributed by atoms with E-state index in [9.17, 15) is 5.26 Å². The van der Waals surface area contributed by atoms with Crippen molar-refractivity contribution in [3.63, 3.8) is 0 Å². The van der Waals surface area contributed by atoms with Crippen molar-refractivity contribution in [3.05, 3.63) is 113 Å². The molecule has 0 radical (unpaired) electrons. The van der Waals surface area contributed by atoms with Gasteiger partial charge >= 0.3 is 0 Å². The summed E-state index contributed by atoms with van der Waals surface area (Å²) in [6.07, 6.45) is 11.9. The maximum absolute atomic E-state index is 9.48. The van der Waals surface area contributed by atoms with Gasteiger partial charge in [-0.25, -0.2) is 0 Å². The Hall–Kier alpha value is -4.29. The van der Waals surface area contributed by atoms with Crippen LogP contribution in [0.25, 0.3) is 39.6 Å². The highest BCUT2D eigenvalue weighted by atomic mass is 16.3. The van der Waals surface area contributed by atoms with Crippen molar-refractivity contribution < 1.29 is 4.42 Å². The SMILES string of the molecule is N#Cc1ccc2c(c1)c1ccccc1n2-c1ccccc1C1C=Cc2oc3c(c2C1)CCC=C3. The number of nitriles is 1. The van der Waals surface area contributed by atoms with Crippen LogP contribution in [0.2, 0.25) is 0 Å².